The lowest BCUT2D eigenvalue weighted by Gasteiger charge is -2.18. The van der Waals surface area contributed by atoms with E-state index in [2.05, 4.69) is 13.2 Å². The van der Waals surface area contributed by atoms with Crippen LogP contribution in [-0.4, -0.2) is 58.7 Å². The molecule has 4 nitrogen and oxygen atoms in total. The lowest BCUT2D eigenvalue weighted by atomic mass is 10.4. The van der Waals surface area contributed by atoms with Crippen LogP contribution in [0.1, 0.15) is 0 Å². The first-order valence-electron chi connectivity index (χ1n) is 10.8. The Morgan fingerprint density at radius 1 is 0.676 bits per heavy atom. The molecule has 0 amide bonds. The Bertz CT molecular complexity index is 803. The molecule has 0 aliphatic heterocycles. The molecule has 0 heterocycles. The molecular weight excluding hydrogens is 505 g/mol. The predicted molar refractivity (Wildman–Crippen MR) is 149 cm³/mol. The number of thioether (sulfide) groups is 4. The first-order valence-corrected chi connectivity index (χ1v) is 15.1. The molecule has 0 bridgehead atoms. The Hall–Kier alpha value is -1.74. The van der Waals surface area contributed by atoms with Gasteiger partial charge >= 0.3 is 11.9 Å². The zero-order chi connectivity index (χ0) is 24.4. The lowest BCUT2D eigenvalue weighted by Crippen LogP contribution is -2.23. The lowest BCUT2D eigenvalue weighted by molar-refractivity contribution is -0.141. The standard InChI is InChI=1S/C26H30O4S4/c1-3-25(27)29-21(19-33-23-11-7-5-8-12-23)17-31-15-16-32-18-22(30-26(28)4-2)20-34-24-13-9-6-10-14-24/h3-14,21-22H,1-2,15-20H2. The number of rotatable bonds is 17. The van der Waals surface area contributed by atoms with Gasteiger partial charge in [-0.15, -0.1) is 23.5 Å². The molecule has 0 aliphatic carbocycles. The number of ether oxygens (including phenoxy) is 2. The number of esters is 2. The van der Waals surface area contributed by atoms with Crippen molar-refractivity contribution in [2.24, 2.45) is 0 Å². The summed E-state index contributed by atoms with van der Waals surface area (Å²) in [6.45, 7) is 6.99. The third kappa shape index (κ3) is 12.6. The molecule has 0 spiro atoms. The Morgan fingerprint density at radius 2 is 1.06 bits per heavy atom. The first kappa shape index (κ1) is 28.5. The highest BCUT2D eigenvalue weighted by molar-refractivity contribution is 8.03. The van der Waals surface area contributed by atoms with Gasteiger partial charge in [0.1, 0.15) is 12.2 Å². The fourth-order valence-corrected chi connectivity index (χ4v) is 6.92. The second-order valence-electron chi connectivity index (χ2n) is 6.92. The third-order valence-corrected chi connectivity index (χ3v) is 8.98. The van der Waals surface area contributed by atoms with E-state index in [0.29, 0.717) is 11.5 Å². The van der Waals surface area contributed by atoms with Crippen LogP contribution >= 0.6 is 47.0 Å². The van der Waals surface area contributed by atoms with Crippen molar-refractivity contribution in [1.29, 1.82) is 0 Å². The normalized spacial score (nSPS) is 12.4. The second kappa shape index (κ2) is 17.7. The summed E-state index contributed by atoms with van der Waals surface area (Å²) >= 11 is 6.86. The van der Waals surface area contributed by atoms with E-state index in [-0.39, 0.29) is 12.2 Å². The quantitative estimate of drug-likeness (QED) is 0.102. The van der Waals surface area contributed by atoms with E-state index in [4.69, 9.17) is 9.47 Å². The van der Waals surface area contributed by atoms with Gasteiger partial charge in [0.05, 0.1) is 0 Å². The molecule has 0 saturated heterocycles. The van der Waals surface area contributed by atoms with Crippen molar-refractivity contribution in [2.45, 2.75) is 22.0 Å². The zero-order valence-corrected chi connectivity index (χ0v) is 22.3. The van der Waals surface area contributed by atoms with Gasteiger partial charge in [0, 0.05) is 56.5 Å². The minimum atomic E-state index is -0.392. The van der Waals surface area contributed by atoms with Crippen LogP contribution in [0.2, 0.25) is 0 Å². The van der Waals surface area contributed by atoms with E-state index in [1.807, 2.05) is 60.7 Å². The second-order valence-corrected chi connectivity index (χ2v) is 11.4. The topological polar surface area (TPSA) is 52.6 Å². The highest BCUT2D eigenvalue weighted by Gasteiger charge is 2.15. The zero-order valence-electron chi connectivity index (χ0n) is 19.0. The largest absolute Gasteiger partial charge is 0.457 e. The van der Waals surface area contributed by atoms with Gasteiger partial charge in [-0.3, -0.25) is 0 Å². The van der Waals surface area contributed by atoms with Crippen LogP contribution < -0.4 is 0 Å². The van der Waals surface area contributed by atoms with Gasteiger partial charge in [-0.25, -0.2) is 9.59 Å². The predicted octanol–water partition coefficient (Wildman–Crippen LogP) is 6.23. The summed E-state index contributed by atoms with van der Waals surface area (Å²) in [7, 11) is 0. The number of carbonyl (C=O) groups is 2. The van der Waals surface area contributed by atoms with E-state index in [0.717, 1.165) is 32.8 Å². The van der Waals surface area contributed by atoms with Gasteiger partial charge < -0.3 is 9.47 Å². The SMILES string of the molecule is C=CC(=O)OC(CSCCSCC(CSc1ccccc1)OC(=O)C=C)CSc1ccccc1. The Labute approximate surface area is 219 Å². The van der Waals surface area contributed by atoms with Crippen LogP contribution in [0.4, 0.5) is 0 Å². The molecule has 0 aliphatic rings. The van der Waals surface area contributed by atoms with Crippen LogP contribution in [0.3, 0.4) is 0 Å². The molecule has 0 saturated carbocycles. The van der Waals surface area contributed by atoms with Crippen molar-refractivity contribution < 1.29 is 19.1 Å². The van der Waals surface area contributed by atoms with Crippen molar-refractivity contribution in [2.75, 3.05) is 34.5 Å². The number of carbonyl (C=O) groups excluding carboxylic acids is 2. The number of benzene rings is 2. The van der Waals surface area contributed by atoms with E-state index in [1.165, 1.54) is 12.2 Å². The number of hydrogen-bond acceptors (Lipinski definition) is 8. The summed E-state index contributed by atoms with van der Waals surface area (Å²) < 4.78 is 11.0. The van der Waals surface area contributed by atoms with E-state index < -0.39 is 11.9 Å². The molecule has 2 unspecified atom stereocenters. The Balaban J connectivity index is 1.71. The monoisotopic (exact) mass is 534 g/mol. The number of hydrogen-bond donors (Lipinski definition) is 0. The maximum Gasteiger partial charge on any atom is 0.330 e. The molecule has 0 N–H and O–H groups in total. The van der Waals surface area contributed by atoms with Crippen molar-refractivity contribution in [1.82, 2.24) is 0 Å². The summed E-state index contributed by atoms with van der Waals surface area (Å²) in [6, 6.07) is 20.1. The maximum absolute atomic E-state index is 11.7. The van der Waals surface area contributed by atoms with Gasteiger partial charge in [-0.05, 0) is 24.3 Å². The van der Waals surface area contributed by atoms with E-state index >= 15 is 0 Å². The van der Waals surface area contributed by atoms with Crippen LogP contribution in [0.25, 0.3) is 0 Å². The molecule has 34 heavy (non-hydrogen) atoms. The van der Waals surface area contributed by atoms with Crippen molar-refractivity contribution in [3.05, 3.63) is 86.0 Å². The highest BCUT2D eigenvalue weighted by Crippen LogP contribution is 2.23. The third-order valence-electron chi connectivity index (χ3n) is 4.24. The Morgan fingerprint density at radius 3 is 1.41 bits per heavy atom. The summed E-state index contributed by atoms with van der Waals surface area (Å²) in [5.41, 5.74) is 0. The van der Waals surface area contributed by atoms with Crippen LogP contribution in [-0.2, 0) is 19.1 Å². The van der Waals surface area contributed by atoms with Crippen molar-refractivity contribution >= 4 is 59.0 Å². The van der Waals surface area contributed by atoms with Gasteiger partial charge in [0.15, 0.2) is 0 Å². The average molecular weight is 535 g/mol. The van der Waals surface area contributed by atoms with Crippen molar-refractivity contribution in [3.8, 4) is 0 Å². The Kier molecular flexibility index (Phi) is 14.8. The van der Waals surface area contributed by atoms with Crippen LogP contribution in [0.15, 0.2) is 95.8 Å². The first-order chi connectivity index (χ1) is 16.6. The molecule has 2 rings (SSSR count). The van der Waals surface area contributed by atoms with E-state index in [9.17, 15) is 9.59 Å². The van der Waals surface area contributed by atoms with Gasteiger partial charge in [0.25, 0.3) is 0 Å². The summed E-state index contributed by atoms with van der Waals surface area (Å²) in [5, 5.41) is 0. The minimum Gasteiger partial charge on any atom is -0.457 e. The molecule has 8 heteroatoms. The molecule has 0 aromatic heterocycles. The highest BCUT2D eigenvalue weighted by atomic mass is 32.2. The fourth-order valence-electron chi connectivity index (χ4n) is 2.62. The summed E-state index contributed by atoms with van der Waals surface area (Å²) in [6.07, 6.45) is 2.04. The molecule has 2 atom stereocenters. The van der Waals surface area contributed by atoms with Crippen LogP contribution in [0.5, 0.6) is 0 Å². The smallest absolute Gasteiger partial charge is 0.330 e. The van der Waals surface area contributed by atoms with Gasteiger partial charge in [0.2, 0.25) is 0 Å². The molecule has 182 valence electrons. The molecular formula is C26H30O4S4. The maximum atomic E-state index is 11.7. The molecule has 2 aromatic carbocycles. The van der Waals surface area contributed by atoms with Gasteiger partial charge in [-0.1, -0.05) is 49.6 Å². The van der Waals surface area contributed by atoms with Crippen molar-refractivity contribution in [3.63, 3.8) is 0 Å². The van der Waals surface area contributed by atoms with E-state index in [1.54, 1.807) is 47.0 Å². The average Bonchev–Trinajstić information content (AvgIpc) is 2.88. The molecule has 2 aromatic rings. The van der Waals surface area contributed by atoms with Crippen LogP contribution in [0, 0.1) is 0 Å². The minimum absolute atomic E-state index is 0.186. The summed E-state index contributed by atoms with van der Waals surface area (Å²) in [5.74, 6) is 3.87. The van der Waals surface area contributed by atoms with Gasteiger partial charge in [-0.2, -0.15) is 23.5 Å². The molecule has 0 fully saturated rings. The molecule has 0 radical (unpaired) electrons. The summed E-state index contributed by atoms with van der Waals surface area (Å²) in [4.78, 5) is 25.7. The fraction of sp³-hybridized carbons (Fsp3) is 0.308.